The van der Waals surface area contributed by atoms with Gasteiger partial charge in [0, 0.05) is 12.6 Å². The Morgan fingerprint density at radius 1 is 1.04 bits per heavy atom. The molecule has 0 unspecified atom stereocenters. The fourth-order valence-electron chi connectivity index (χ4n) is 2.86. The van der Waals surface area contributed by atoms with Gasteiger partial charge >= 0.3 is 0 Å². The van der Waals surface area contributed by atoms with Crippen LogP contribution in [0.1, 0.15) is 82.3 Å². The number of rotatable bonds is 11. The number of aromatic hydroxyl groups is 1. The lowest BCUT2D eigenvalue weighted by molar-refractivity contribution is 0.396. The molecule has 0 aliphatic rings. The predicted molar refractivity (Wildman–Crippen MR) is 93.7 cm³/mol. The van der Waals surface area contributed by atoms with Crippen LogP contribution in [0.15, 0.2) is 10.9 Å². The molecule has 1 rings (SSSR count). The summed E-state index contributed by atoms with van der Waals surface area (Å²) in [5.74, 6) is -0.187. The third-order valence-electron chi connectivity index (χ3n) is 4.33. The fraction of sp³-hybridized carbons (Fsp3) is 0.684. The van der Waals surface area contributed by atoms with Gasteiger partial charge < -0.3 is 5.11 Å². The van der Waals surface area contributed by atoms with Crippen molar-refractivity contribution in [3.63, 3.8) is 0 Å². The molecule has 23 heavy (non-hydrogen) atoms. The van der Waals surface area contributed by atoms with Crippen molar-refractivity contribution in [2.45, 2.75) is 84.6 Å². The summed E-state index contributed by atoms with van der Waals surface area (Å²) in [6, 6.07) is 3.39. The molecule has 1 aromatic rings. The van der Waals surface area contributed by atoms with Crippen LogP contribution in [0.4, 0.5) is 0 Å². The molecule has 0 fully saturated rings. The number of nitrogens with zero attached hydrogens (tertiary/aromatic N) is 2. The summed E-state index contributed by atoms with van der Waals surface area (Å²) in [6.45, 7) is 4.39. The van der Waals surface area contributed by atoms with Crippen molar-refractivity contribution >= 4 is 0 Å². The van der Waals surface area contributed by atoms with Crippen LogP contribution in [0, 0.1) is 18.3 Å². The highest BCUT2D eigenvalue weighted by molar-refractivity contribution is 5.43. The molecule has 1 aromatic heterocycles. The highest BCUT2D eigenvalue weighted by atomic mass is 16.3. The third-order valence-corrected chi connectivity index (χ3v) is 4.33. The lowest BCUT2D eigenvalue weighted by Gasteiger charge is -2.10. The first kappa shape index (κ1) is 19.3. The molecule has 1 heterocycles. The maximum Gasteiger partial charge on any atom is 0.253 e. The van der Waals surface area contributed by atoms with Crippen molar-refractivity contribution in [3.8, 4) is 11.9 Å². The molecule has 0 bridgehead atoms. The van der Waals surface area contributed by atoms with E-state index < -0.39 is 0 Å². The Hall–Kier alpha value is -1.76. The number of aromatic nitrogens is 1. The Kier molecular flexibility index (Phi) is 9.12. The first-order valence-corrected chi connectivity index (χ1v) is 8.95. The van der Waals surface area contributed by atoms with E-state index in [-0.39, 0.29) is 17.0 Å². The molecule has 0 aliphatic carbocycles. The van der Waals surface area contributed by atoms with Gasteiger partial charge in [0.05, 0.1) is 0 Å². The molecule has 0 aliphatic heterocycles. The van der Waals surface area contributed by atoms with Crippen LogP contribution >= 0.6 is 0 Å². The summed E-state index contributed by atoms with van der Waals surface area (Å²) in [5.41, 5.74) is 0.515. The van der Waals surface area contributed by atoms with Crippen LogP contribution in [-0.4, -0.2) is 9.67 Å². The molecule has 0 spiro atoms. The van der Waals surface area contributed by atoms with E-state index in [1.54, 1.807) is 6.92 Å². The number of unbranched alkanes of at least 4 members (excludes halogenated alkanes) is 9. The molecule has 128 valence electrons. The van der Waals surface area contributed by atoms with Crippen molar-refractivity contribution < 1.29 is 5.11 Å². The largest absolute Gasteiger partial charge is 0.493 e. The summed E-state index contributed by atoms with van der Waals surface area (Å²) in [7, 11) is 0. The molecular weight excluding hydrogens is 288 g/mol. The van der Waals surface area contributed by atoms with Crippen molar-refractivity contribution in [1.29, 1.82) is 5.26 Å². The Balaban J connectivity index is 2.27. The van der Waals surface area contributed by atoms with Gasteiger partial charge in [0.1, 0.15) is 11.6 Å². The second kappa shape index (κ2) is 10.9. The molecule has 0 atom stereocenters. The maximum absolute atomic E-state index is 11.9. The number of hydrogen-bond acceptors (Lipinski definition) is 3. The Morgan fingerprint density at radius 2 is 1.57 bits per heavy atom. The Labute approximate surface area is 139 Å². The number of aryl methyl sites for hydroxylation is 1. The van der Waals surface area contributed by atoms with Crippen molar-refractivity contribution in [3.05, 3.63) is 27.5 Å². The zero-order chi connectivity index (χ0) is 17.1. The van der Waals surface area contributed by atoms with Gasteiger partial charge in [-0.25, -0.2) is 0 Å². The number of nitriles is 1. The SMILES string of the molecule is CCCCCCCCCCCCn1c(O)c(C#N)c(C)cc1=O. The van der Waals surface area contributed by atoms with Crippen molar-refractivity contribution in [2.24, 2.45) is 0 Å². The lowest BCUT2D eigenvalue weighted by atomic mass is 10.1. The average molecular weight is 318 g/mol. The van der Waals surface area contributed by atoms with E-state index in [1.807, 2.05) is 6.07 Å². The molecule has 1 N–H and O–H groups in total. The summed E-state index contributed by atoms with van der Waals surface area (Å²) >= 11 is 0. The molecule has 0 radical (unpaired) electrons. The molecular formula is C19H30N2O2. The van der Waals surface area contributed by atoms with Crippen LogP contribution in [0.2, 0.25) is 0 Å². The van der Waals surface area contributed by atoms with Crippen LogP contribution in [0.3, 0.4) is 0 Å². The van der Waals surface area contributed by atoms with Gasteiger partial charge in [-0.15, -0.1) is 0 Å². The molecule has 0 saturated heterocycles. The first-order chi connectivity index (χ1) is 11.1. The van der Waals surface area contributed by atoms with E-state index in [9.17, 15) is 9.90 Å². The zero-order valence-corrected chi connectivity index (χ0v) is 14.6. The first-order valence-electron chi connectivity index (χ1n) is 8.95. The van der Waals surface area contributed by atoms with Crippen LogP contribution in [0.25, 0.3) is 0 Å². The van der Waals surface area contributed by atoms with Gasteiger partial charge in [-0.3, -0.25) is 9.36 Å². The molecule has 0 amide bonds. The number of pyridine rings is 1. The summed E-state index contributed by atoms with van der Waals surface area (Å²) < 4.78 is 1.32. The van der Waals surface area contributed by atoms with Gasteiger partial charge in [0.25, 0.3) is 5.56 Å². The normalized spacial score (nSPS) is 10.7. The summed E-state index contributed by atoms with van der Waals surface area (Å²) in [5, 5.41) is 19.1. The van der Waals surface area contributed by atoms with Crippen LogP contribution < -0.4 is 5.56 Å². The Morgan fingerprint density at radius 3 is 2.09 bits per heavy atom. The summed E-state index contributed by atoms with van der Waals surface area (Å²) in [6.07, 6.45) is 12.3. The monoisotopic (exact) mass is 318 g/mol. The second-order valence-electron chi connectivity index (χ2n) is 6.31. The van der Waals surface area contributed by atoms with E-state index in [2.05, 4.69) is 6.92 Å². The third kappa shape index (κ3) is 6.48. The van der Waals surface area contributed by atoms with E-state index in [0.29, 0.717) is 12.1 Å². The number of hydrogen-bond donors (Lipinski definition) is 1. The Bertz CT molecular complexity index is 570. The minimum atomic E-state index is -0.227. The van der Waals surface area contributed by atoms with E-state index in [0.717, 1.165) is 12.8 Å². The van der Waals surface area contributed by atoms with Crippen molar-refractivity contribution in [2.75, 3.05) is 0 Å². The zero-order valence-electron chi connectivity index (χ0n) is 14.6. The second-order valence-corrected chi connectivity index (χ2v) is 6.31. The maximum atomic E-state index is 11.9. The van der Waals surface area contributed by atoms with Gasteiger partial charge in [-0.05, 0) is 18.9 Å². The van der Waals surface area contributed by atoms with Gasteiger partial charge in [0.15, 0.2) is 0 Å². The molecule has 4 nitrogen and oxygen atoms in total. The van der Waals surface area contributed by atoms with Gasteiger partial charge in [-0.2, -0.15) is 5.26 Å². The van der Waals surface area contributed by atoms with Crippen LogP contribution in [0.5, 0.6) is 5.88 Å². The quantitative estimate of drug-likeness (QED) is 0.604. The highest BCUT2D eigenvalue weighted by Gasteiger charge is 2.11. The topological polar surface area (TPSA) is 66.0 Å². The molecule has 4 heteroatoms. The average Bonchev–Trinajstić information content (AvgIpc) is 2.52. The van der Waals surface area contributed by atoms with Gasteiger partial charge in [-0.1, -0.05) is 64.7 Å². The minimum Gasteiger partial charge on any atom is -0.493 e. The van der Waals surface area contributed by atoms with E-state index in [4.69, 9.17) is 5.26 Å². The van der Waals surface area contributed by atoms with Crippen molar-refractivity contribution in [1.82, 2.24) is 4.57 Å². The van der Waals surface area contributed by atoms with Crippen LogP contribution in [-0.2, 0) is 6.54 Å². The van der Waals surface area contributed by atoms with Gasteiger partial charge in [0.2, 0.25) is 5.88 Å². The van der Waals surface area contributed by atoms with E-state index in [1.165, 1.54) is 62.0 Å². The highest BCUT2D eigenvalue weighted by Crippen LogP contribution is 2.18. The summed E-state index contributed by atoms with van der Waals surface area (Å²) in [4.78, 5) is 11.9. The standard InChI is InChI=1S/C19H30N2O2/c1-3-4-5-6-7-8-9-10-11-12-13-21-18(22)14-16(2)17(15-20)19(21)23/h14,23H,3-13H2,1-2H3. The minimum absolute atomic E-state index is 0.187. The smallest absolute Gasteiger partial charge is 0.253 e. The van der Waals surface area contributed by atoms with E-state index >= 15 is 0 Å². The fourth-order valence-corrected chi connectivity index (χ4v) is 2.86. The molecule has 0 saturated carbocycles. The lowest BCUT2D eigenvalue weighted by Crippen LogP contribution is -2.20. The molecule has 0 aromatic carbocycles. The predicted octanol–water partition coefficient (Wildman–Crippen LogP) is 4.65.